The first-order valence-corrected chi connectivity index (χ1v) is 7.69. The van der Waals surface area contributed by atoms with Crippen LogP contribution >= 0.6 is 11.8 Å². The van der Waals surface area contributed by atoms with E-state index in [1.54, 1.807) is 18.9 Å². The summed E-state index contributed by atoms with van der Waals surface area (Å²) in [5, 5.41) is 0. The lowest BCUT2D eigenvalue weighted by atomic mass is 9.93. The summed E-state index contributed by atoms with van der Waals surface area (Å²) in [7, 11) is 3.63. The number of aryl methyl sites for hydroxylation is 1. The number of aromatic nitrogens is 2. The molecule has 0 saturated heterocycles. The van der Waals surface area contributed by atoms with E-state index in [-0.39, 0.29) is 5.56 Å². The highest BCUT2D eigenvalue weighted by Crippen LogP contribution is 2.23. The lowest BCUT2D eigenvalue weighted by molar-refractivity contribution is 0.418. The van der Waals surface area contributed by atoms with Gasteiger partial charge in [-0.25, -0.2) is 4.98 Å². The molecule has 0 spiro atoms. The van der Waals surface area contributed by atoms with E-state index >= 15 is 0 Å². The SMILES string of the molecule is Bc1ccc(-c2nc3c(c(=O)[nH]2)CSCC3)cc1OC. The zero-order valence-corrected chi connectivity index (χ0v) is 12.3. The first kappa shape index (κ1) is 13.3. The van der Waals surface area contributed by atoms with Crippen LogP contribution in [-0.4, -0.2) is 30.7 Å². The molecule has 102 valence electrons. The van der Waals surface area contributed by atoms with Crippen molar-refractivity contribution in [3.8, 4) is 17.1 Å². The van der Waals surface area contributed by atoms with Gasteiger partial charge in [0, 0.05) is 16.9 Å². The van der Waals surface area contributed by atoms with Crippen LogP contribution in [0, 0.1) is 0 Å². The molecule has 0 fully saturated rings. The number of ether oxygens (including phenoxy) is 1. The third-order valence-electron chi connectivity index (χ3n) is 3.51. The molecule has 4 nitrogen and oxygen atoms in total. The molecule has 0 saturated carbocycles. The second-order valence-corrected chi connectivity index (χ2v) is 5.93. The monoisotopic (exact) mass is 286 g/mol. The third kappa shape index (κ3) is 2.35. The minimum atomic E-state index is -0.0169. The fourth-order valence-electron chi connectivity index (χ4n) is 2.35. The topological polar surface area (TPSA) is 55.0 Å². The predicted molar refractivity (Wildman–Crippen MR) is 84.9 cm³/mol. The van der Waals surface area contributed by atoms with Gasteiger partial charge in [0.2, 0.25) is 0 Å². The zero-order valence-electron chi connectivity index (χ0n) is 11.5. The van der Waals surface area contributed by atoms with E-state index in [9.17, 15) is 4.79 Å². The van der Waals surface area contributed by atoms with Gasteiger partial charge in [0.25, 0.3) is 5.56 Å². The molecule has 2 aromatic rings. The summed E-state index contributed by atoms with van der Waals surface area (Å²) in [6.45, 7) is 0. The molecule has 1 N–H and O–H groups in total. The van der Waals surface area contributed by atoms with Gasteiger partial charge in [-0.15, -0.1) is 0 Å². The Kier molecular flexibility index (Phi) is 3.57. The summed E-state index contributed by atoms with van der Waals surface area (Å²) in [4.78, 5) is 19.7. The van der Waals surface area contributed by atoms with Crippen molar-refractivity contribution in [1.82, 2.24) is 9.97 Å². The maximum atomic E-state index is 12.1. The first-order valence-electron chi connectivity index (χ1n) is 6.54. The minimum absolute atomic E-state index is 0.0169. The normalized spacial score (nSPS) is 13.8. The van der Waals surface area contributed by atoms with Crippen molar-refractivity contribution in [3.63, 3.8) is 0 Å². The molecule has 1 aliphatic heterocycles. The summed E-state index contributed by atoms with van der Waals surface area (Å²) >= 11 is 1.78. The van der Waals surface area contributed by atoms with E-state index in [4.69, 9.17) is 4.74 Å². The molecule has 0 unspecified atom stereocenters. The highest BCUT2D eigenvalue weighted by Gasteiger charge is 2.16. The molecule has 3 rings (SSSR count). The van der Waals surface area contributed by atoms with Crippen molar-refractivity contribution in [3.05, 3.63) is 39.8 Å². The Balaban J connectivity index is 2.11. The molecule has 0 bridgehead atoms. The number of thioether (sulfide) groups is 1. The lowest BCUT2D eigenvalue weighted by Gasteiger charge is -2.15. The van der Waals surface area contributed by atoms with E-state index < -0.39 is 0 Å². The smallest absolute Gasteiger partial charge is 0.255 e. The summed E-state index contributed by atoms with van der Waals surface area (Å²) in [6.07, 6.45) is 0.861. The fraction of sp³-hybridized carbons (Fsp3) is 0.286. The fourth-order valence-corrected chi connectivity index (χ4v) is 3.33. The summed E-state index contributed by atoms with van der Waals surface area (Å²) in [5.74, 6) is 3.22. The highest BCUT2D eigenvalue weighted by molar-refractivity contribution is 7.98. The molecule has 0 amide bonds. The van der Waals surface area contributed by atoms with E-state index in [0.29, 0.717) is 5.82 Å². The maximum absolute atomic E-state index is 12.1. The van der Waals surface area contributed by atoms with Crippen molar-refractivity contribution in [2.75, 3.05) is 12.9 Å². The average molecular weight is 286 g/mol. The quantitative estimate of drug-likeness (QED) is 0.817. The molecule has 0 atom stereocenters. The van der Waals surface area contributed by atoms with Crippen LogP contribution in [0.3, 0.4) is 0 Å². The van der Waals surface area contributed by atoms with Crippen LogP contribution in [0.4, 0.5) is 0 Å². The van der Waals surface area contributed by atoms with Crippen LogP contribution in [0.15, 0.2) is 23.0 Å². The summed E-state index contributed by atoms with van der Waals surface area (Å²) < 4.78 is 5.33. The molecule has 1 aromatic heterocycles. The van der Waals surface area contributed by atoms with Crippen molar-refractivity contribution >= 4 is 25.1 Å². The Morgan fingerprint density at radius 3 is 3.10 bits per heavy atom. The number of fused-ring (bicyclic) bond motifs is 1. The predicted octanol–water partition coefficient (Wildman–Crippen LogP) is 0.493. The van der Waals surface area contributed by atoms with Crippen LogP contribution in [0.5, 0.6) is 5.75 Å². The van der Waals surface area contributed by atoms with Crippen molar-refractivity contribution < 1.29 is 4.74 Å². The van der Waals surface area contributed by atoms with E-state index in [2.05, 4.69) is 9.97 Å². The van der Waals surface area contributed by atoms with Crippen LogP contribution in [0.1, 0.15) is 11.3 Å². The van der Waals surface area contributed by atoms with Gasteiger partial charge < -0.3 is 9.72 Å². The Labute approximate surface area is 122 Å². The molecular formula is C14H15BN2O2S. The minimum Gasteiger partial charge on any atom is -0.497 e. The van der Waals surface area contributed by atoms with Gasteiger partial charge in [-0.1, -0.05) is 12.1 Å². The van der Waals surface area contributed by atoms with E-state index in [1.807, 2.05) is 26.0 Å². The standard InChI is InChI=1S/C14H15BN2O2S/c1-19-12-6-8(2-3-10(12)15)13-16-11-4-5-20-7-9(11)14(18)17-13/h2-3,6H,4-5,7,15H2,1H3,(H,16,17,18). The number of benzene rings is 1. The zero-order chi connectivity index (χ0) is 14.1. The number of methoxy groups -OCH3 is 1. The van der Waals surface area contributed by atoms with Crippen LogP contribution in [0.2, 0.25) is 0 Å². The second-order valence-electron chi connectivity index (χ2n) is 4.83. The van der Waals surface area contributed by atoms with Crippen LogP contribution in [-0.2, 0) is 12.2 Å². The van der Waals surface area contributed by atoms with Gasteiger partial charge in [-0.05, 0) is 23.7 Å². The first-order chi connectivity index (χ1) is 9.69. The van der Waals surface area contributed by atoms with Crippen LogP contribution < -0.4 is 15.8 Å². The molecule has 1 aliphatic rings. The third-order valence-corrected chi connectivity index (χ3v) is 4.50. The number of H-pyrrole nitrogens is 1. The lowest BCUT2D eigenvalue weighted by Crippen LogP contribution is -2.21. The molecule has 1 aromatic carbocycles. The molecule has 6 heteroatoms. The second kappa shape index (κ2) is 5.36. The number of aromatic amines is 1. The van der Waals surface area contributed by atoms with Gasteiger partial charge in [-0.2, -0.15) is 11.8 Å². The van der Waals surface area contributed by atoms with Gasteiger partial charge >= 0.3 is 0 Å². The van der Waals surface area contributed by atoms with Gasteiger partial charge in [0.15, 0.2) is 0 Å². The molecule has 0 radical (unpaired) electrons. The molecule has 20 heavy (non-hydrogen) atoms. The number of hydrogen-bond acceptors (Lipinski definition) is 4. The molecule has 0 aliphatic carbocycles. The number of hydrogen-bond donors (Lipinski definition) is 1. The van der Waals surface area contributed by atoms with E-state index in [0.717, 1.165) is 46.0 Å². The number of rotatable bonds is 2. The average Bonchev–Trinajstić information content (AvgIpc) is 2.47. The van der Waals surface area contributed by atoms with Gasteiger partial charge in [0.1, 0.15) is 19.4 Å². The summed E-state index contributed by atoms with van der Waals surface area (Å²) in [6, 6.07) is 5.85. The Morgan fingerprint density at radius 2 is 2.30 bits per heavy atom. The Bertz CT molecular complexity index is 715. The van der Waals surface area contributed by atoms with Crippen molar-refractivity contribution in [2.24, 2.45) is 0 Å². The summed E-state index contributed by atoms with van der Waals surface area (Å²) in [5.41, 5.74) is 3.68. The van der Waals surface area contributed by atoms with Crippen LogP contribution in [0.25, 0.3) is 11.4 Å². The number of nitrogens with one attached hydrogen (secondary N) is 1. The highest BCUT2D eigenvalue weighted by atomic mass is 32.2. The Hall–Kier alpha value is -1.69. The van der Waals surface area contributed by atoms with Crippen molar-refractivity contribution in [1.29, 1.82) is 0 Å². The van der Waals surface area contributed by atoms with Gasteiger partial charge in [-0.3, -0.25) is 4.79 Å². The van der Waals surface area contributed by atoms with E-state index in [1.165, 1.54) is 0 Å². The Morgan fingerprint density at radius 1 is 1.45 bits per heavy atom. The van der Waals surface area contributed by atoms with Gasteiger partial charge in [0.05, 0.1) is 12.8 Å². The maximum Gasteiger partial charge on any atom is 0.255 e. The molecule has 2 heterocycles. The molecular weight excluding hydrogens is 271 g/mol. The largest absolute Gasteiger partial charge is 0.497 e. The number of nitrogens with zero attached hydrogens (tertiary/aromatic N) is 1. The van der Waals surface area contributed by atoms with Crippen molar-refractivity contribution in [2.45, 2.75) is 12.2 Å².